The van der Waals surface area contributed by atoms with Crippen molar-refractivity contribution in [1.29, 1.82) is 0 Å². The number of amides is 1. The Morgan fingerprint density at radius 3 is 2.46 bits per heavy atom. The number of para-hydroxylation sites is 1. The predicted octanol–water partition coefficient (Wildman–Crippen LogP) is 2.93. The van der Waals surface area contributed by atoms with E-state index in [0.29, 0.717) is 12.1 Å². The van der Waals surface area contributed by atoms with Gasteiger partial charge in [-0.15, -0.1) is 0 Å². The molecule has 2 aromatic carbocycles. The average Bonchev–Trinajstić information content (AvgIpc) is 2.74. The number of unbranched alkanes of at least 4 members (excludes halogenated alkanes) is 1. The number of carbonyl (C=O) groups is 1. The standard InChI is InChI=1S/C21H26N4O3/c26-21(18-7-6-10-20(17-18)25(27)28)22-11-4-5-12-23-13-15-24(16-14-23)19-8-2-1-3-9-19/h1-3,6-10,17H,4-5,11-16H2,(H,22,26). The molecule has 0 radical (unpaired) electrons. The zero-order valence-electron chi connectivity index (χ0n) is 15.9. The van der Waals surface area contributed by atoms with E-state index in [0.717, 1.165) is 45.6 Å². The zero-order chi connectivity index (χ0) is 19.8. The molecule has 0 atom stereocenters. The molecule has 0 aliphatic carbocycles. The van der Waals surface area contributed by atoms with Crippen molar-refractivity contribution >= 4 is 17.3 Å². The minimum absolute atomic E-state index is 0.0673. The molecule has 1 aliphatic rings. The molecule has 1 saturated heterocycles. The Labute approximate surface area is 165 Å². The Morgan fingerprint density at radius 1 is 1.00 bits per heavy atom. The molecule has 7 heteroatoms. The van der Waals surface area contributed by atoms with Crippen LogP contribution in [0, 0.1) is 10.1 Å². The molecule has 0 bridgehead atoms. The van der Waals surface area contributed by atoms with Crippen LogP contribution in [0.5, 0.6) is 0 Å². The molecule has 1 amide bonds. The normalized spacial score (nSPS) is 14.6. The summed E-state index contributed by atoms with van der Waals surface area (Å²) in [4.78, 5) is 27.3. The molecule has 0 aromatic heterocycles. The maximum atomic E-state index is 12.1. The van der Waals surface area contributed by atoms with E-state index in [9.17, 15) is 14.9 Å². The molecule has 0 saturated carbocycles. The largest absolute Gasteiger partial charge is 0.369 e. The number of benzene rings is 2. The third-order valence-electron chi connectivity index (χ3n) is 5.00. The molecule has 148 valence electrons. The van der Waals surface area contributed by atoms with E-state index in [1.54, 1.807) is 6.07 Å². The molecule has 3 rings (SSSR count). The molecule has 0 unspecified atom stereocenters. The number of carbonyl (C=O) groups excluding carboxylic acids is 1. The summed E-state index contributed by atoms with van der Waals surface area (Å²) >= 11 is 0. The topological polar surface area (TPSA) is 78.7 Å². The molecule has 28 heavy (non-hydrogen) atoms. The van der Waals surface area contributed by atoms with Gasteiger partial charge in [-0.25, -0.2) is 0 Å². The second kappa shape index (κ2) is 9.85. The molecular formula is C21H26N4O3. The lowest BCUT2D eigenvalue weighted by atomic mass is 10.2. The molecule has 1 heterocycles. The summed E-state index contributed by atoms with van der Waals surface area (Å²) in [5, 5.41) is 13.6. The van der Waals surface area contributed by atoms with E-state index in [1.165, 1.54) is 23.9 Å². The highest BCUT2D eigenvalue weighted by Gasteiger charge is 2.16. The summed E-state index contributed by atoms with van der Waals surface area (Å²) in [6, 6.07) is 16.3. The van der Waals surface area contributed by atoms with Crippen molar-refractivity contribution in [1.82, 2.24) is 10.2 Å². The molecule has 1 fully saturated rings. The van der Waals surface area contributed by atoms with Gasteiger partial charge in [0.2, 0.25) is 0 Å². The van der Waals surface area contributed by atoms with Gasteiger partial charge in [-0.3, -0.25) is 19.8 Å². The van der Waals surface area contributed by atoms with Crippen molar-refractivity contribution in [3.8, 4) is 0 Å². The smallest absolute Gasteiger partial charge is 0.270 e. The fraction of sp³-hybridized carbons (Fsp3) is 0.381. The fourth-order valence-corrected chi connectivity index (χ4v) is 3.39. The van der Waals surface area contributed by atoms with E-state index < -0.39 is 4.92 Å². The number of anilines is 1. The second-order valence-electron chi connectivity index (χ2n) is 6.93. The van der Waals surface area contributed by atoms with Gasteiger partial charge in [0.1, 0.15) is 0 Å². The minimum Gasteiger partial charge on any atom is -0.369 e. The molecule has 1 N–H and O–H groups in total. The summed E-state index contributed by atoms with van der Waals surface area (Å²) < 4.78 is 0. The van der Waals surface area contributed by atoms with Crippen molar-refractivity contribution in [2.45, 2.75) is 12.8 Å². The van der Waals surface area contributed by atoms with Gasteiger partial charge < -0.3 is 10.2 Å². The molecular weight excluding hydrogens is 356 g/mol. The van der Waals surface area contributed by atoms with E-state index in [2.05, 4.69) is 39.4 Å². The van der Waals surface area contributed by atoms with Crippen molar-refractivity contribution in [3.05, 3.63) is 70.3 Å². The quantitative estimate of drug-likeness (QED) is 0.431. The number of hydrogen-bond donors (Lipinski definition) is 1. The van der Waals surface area contributed by atoms with Crippen molar-refractivity contribution in [3.63, 3.8) is 0 Å². The van der Waals surface area contributed by atoms with Gasteiger partial charge >= 0.3 is 0 Å². The first kappa shape index (κ1) is 19.8. The maximum absolute atomic E-state index is 12.1. The highest BCUT2D eigenvalue weighted by Crippen LogP contribution is 2.16. The lowest BCUT2D eigenvalue weighted by Gasteiger charge is -2.36. The Kier molecular flexibility index (Phi) is 6.97. The number of piperazine rings is 1. The summed E-state index contributed by atoms with van der Waals surface area (Å²) in [5.41, 5.74) is 1.54. The average molecular weight is 382 g/mol. The lowest BCUT2D eigenvalue weighted by molar-refractivity contribution is -0.384. The molecule has 0 spiro atoms. The number of hydrogen-bond acceptors (Lipinski definition) is 5. The van der Waals surface area contributed by atoms with E-state index in [4.69, 9.17) is 0 Å². The molecule has 1 aliphatic heterocycles. The van der Waals surface area contributed by atoms with Crippen LogP contribution in [0.4, 0.5) is 11.4 Å². The van der Waals surface area contributed by atoms with Crippen LogP contribution >= 0.6 is 0 Å². The van der Waals surface area contributed by atoms with Crippen LogP contribution in [0.15, 0.2) is 54.6 Å². The lowest BCUT2D eigenvalue weighted by Crippen LogP contribution is -2.46. The van der Waals surface area contributed by atoms with Gasteiger partial charge in [0.15, 0.2) is 0 Å². The zero-order valence-corrected chi connectivity index (χ0v) is 15.9. The Morgan fingerprint density at radius 2 is 1.75 bits per heavy atom. The highest BCUT2D eigenvalue weighted by molar-refractivity contribution is 5.94. The van der Waals surface area contributed by atoms with Gasteiger partial charge in [-0.1, -0.05) is 24.3 Å². The third-order valence-corrected chi connectivity index (χ3v) is 5.00. The summed E-state index contributed by atoms with van der Waals surface area (Å²) in [6.07, 6.45) is 1.90. The van der Waals surface area contributed by atoms with Crippen LogP contribution in [0.25, 0.3) is 0 Å². The maximum Gasteiger partial charge on any atom is 0.270 e. The first-order valence-corrected chi connectivity index (χ1v) is 9.68. The van der Waals surface area contributed by atoms with Crippen molar-refractivity contribution in [2.75, 3.05) is 44.2 Å². The predicted molar refractivity (Wildman–Crippen MR) is 110 cm³/mol. The Hall–Kier alpha value is -2.93. The highest BCUT2D eigenvalue weighted by atomic mass is 16.6. The van der Waals surface area contributed by atoms with Crippen LogP contribution < -0.4 is 10.2 Å². The van der Waals surface area contributed by atoms with Crippen LogP contribution in [0.2, 0.25) is 0 Å². The van der Waals surface area contributed by atoms with Crippen LogP contribution in [0.3, 0.4) is 0 Å². The van der Waals surface area contributed by atoms with E-state index >= 15 is 0 Å². The van der Waals surface area contributed by atoms with Crippen LogP contribution in [0.1, 0.15) is 23.2 Å². The SMILES string of the molecule is O=C(NCCCCN1CCN(c2ccccc2)CC1)c1cccc([N+](=O)[O-])c1. The summed E-state index contributed by atoms with van der Waals surface area (Å²) in [6.45, 7) is 5.77. The van der Waals surface area contributed by atoms with E-state index in [1.807, 2.05) is 6.07 Å². The third kappa shape index (κ3) is 5.53. The van der Waals surface area contributed by atoms with Gasteiger partial charge in [-0.05, 0) is 37.6 Å². The number of nitrogens with zero attached hydrogens (tertiary/aromatic N) is 3. The molecule has 2 aromatic rings. The van der Waals surface area contributed by atoms with Gasteiger partial charge in [0.25, 0.3) is 11.6 Å². The van der Waals surface area contributed by atoms with Gasteiger partial charge in [-0.2, -0.15) is 0 Å². The number of non-ortho nitro benzene ring substituents is 1. The van der Waals surface area contributed by atoms with Gasteiger partial charge in [0, 0.05) is 56.1 Å². The van der Waals surface area contributed by atoms with E-state index in [-0.39, 0.29) is 11.6 Å². The minimum atomic E-state index is -0.492. The first-order valence-electron chi connectivity index (χ1n) is 9.68. The Balaban J connectivity index is 1.32. The number of nitrogens with one attached hydrogen (secondary N) is 1. The van der Waals surface area contributed by atoms with Crippen LogP contribution in [-0.4, -0.2) is 55.0 Å². The fourth-order valence-electron chi connectivity index (χ4n) is 3.39. The number of nitro benzene ring substituents is 1. The first-order chi connectivity index (χ1) is 13.6. The van der Waals surface area contributed by atoms with Crippen molar-refractivity contribution in [2.24, 2.45) is 0 Å². The number of rotatable bonds is 8. The second-order valence-corrected chi connectivity index (χ2v) is 6.93. The summed E-state index contributed by atoms with van der Waals surface area (Å²) in [7, 11) is 0. The van der Waals surface area contributed by atoms with Crippen molar-refractivity contribution < 1.29 is 9.72 Å². The number of nitro groups is 1. The summed E-state index contributed by atoms with van der Waals surface area (Å²) in [5.74, 6) is -0.264. The monoisotopic (exact) mass is 382 g/mol. The Bertz CT molecular complexity index is 789. The molecule has 7 nitrogen and oxygen atoms in total. The van der Waals surface area contributed by atoms with Gasteiger partial charge in [0.05, 0.1) is 4.92 Å². The van der Waals surface area contributed by atoms with Crippen LogP contribution in [-0.2, 0) is 0 Å².